The number of halogens is 1. The predicted molar refractivity (Wildman–Crippen MR) is 107 cm³/mol. The minimum Gasteiger partial charge on any atom is -0.352 e. The molecule has 3 N–H and O–H groups in total. The lowest BCUT2D eigenvalue weighted by Crippen LogP contribution is -2.38. The molecule has 1 aliphatic carbocycles. The lowest BCUT2D eigenvalue weighted by Gasteiger charge is -2.22. The number of amides is 2. The summed E-state index contributed by atoms with van der Waals surface area (Å²) in [5.74, 6) is 0.500. The van der Waals surface area contributed by atoms with Crippen LogP contribution in [0.25, 0.3) is 0 Å². The molecule has 1 saturated carbocycles. The molecule has 0 aromatic carbocycles. The van der Waals surface area contributed by atoms with Crippen molar-refractivity contribution in [3.63, 3.8) is 0 Å². The number of hydrogen-bond donors (Lipinski definition) is 3. The molecule has 0 radical (unpaired) electrons. The molecule has 1 aromatic rings. The summed E-state index contributed by atoms with van der Waals surface area (Å²) in [5.41, 5.74) is 0.511. The fraction of sp³-hybridized carbons (Fsp3) is 0.737. The maximum atomic E-state index is 12.2. The molecule has 152 valence electrons. The minimum atomic E-state index is -0.118. The molecule has 7 nitrogen and oxygen atoms in total. The Hall–Kier alpha value is -1.60. The second-order valence-electron chi connectivity index (χ2n) is 7.59. The molecule has 1 aromatic heterocycles. The average Bonchev–Trinajstić information content (AvgIpc) is 3.12. The van der Waals surface area contributed by atoms with Crippen LogP contribution in [0.15, 0.2) is 12.4 Å². The van der Waals surface area contributed by atoms with E-state index in [9.17, 15) is 9.59 Å². The Morgan fingerprint density at radius 3 is 2.74 bits per heavy atom. The molecule has 2 aliphatic rings. The third-order valence-corrected chi connectivity index (χ3v) is 5.41. The molecule has 27 heavy (non-hydrogen) atoms. The molecule has 0 bridgehead atoms. The van der Waals surface area contributed by atoms with Crippen molar-refractivity contribution in [1.82, 2.24) is 25.7 Å². The first kappa shape index (κ1) is 21.7. The number of nitrogens with one attached hydrogen (secondary N) is 3. The van der Waals surface area contributed by atoms with E-state index in [1.165, 1.54) is 43.0 Å². The van der Waals surface area contributed by atoms with Gasteiger partial charge in [-0.3, -0.25) is 14.3 Å². The Kier molecular flexibility index (Phi) is 9.07. The minimum absolute atomic E-state index is 0. The van der Waals surface area contributed by atoms with Crippen molar-refractivity contribution in [2.75, 3.05) is 19.6 Å². The van der Waals surface area contributed by atoms with Crippen LogP contribution in [-0.4, -0.2) is 47.3 Å². The van der Waals surface area contributed by atoms with Gasteiger partial charge in [0.05, 0.1) is 11.8 Å². The molecule has 2 heterocycles. The highest BCUT2D eigenvalue weighted by Crippen LogP contribution is 2.17. The van der Waals surface area contributed by atoms with E-state index < -0.39 is 0 Å². The van der Waals surface area contributed by atoms with Crippen LogP contribution in [0.3, 0.4) is 0 Å². The fourth-order valence-corrected chi connectivity index (χ4v) is 3.90. The second-order valence-corrected chi connectivity index (χ2v) is 7.59. The molecular formula is C19H32ClN5O2. The summed E-state index contributed by atoms with van der Waals surface area (Å²) in [4.78, 5) is 24.4. The Labute approximate surface area is 167 Å². The van der Waals surface area contributed by atoms with E-state index in [0.717, 1.165) is 32.4 Å². The van der Waals surface area contributed by atoms with Gasteiger partial charge in [-0.15, -0.1) is 12.4 Å². The van der Waals surface area contributed by atoms with E-state index >= 15 is 0 Å². The van der Waals surface area contributed by atoms with Crippen LogP contribution < -0.4 is 16.0 Å². The summed E-state index contributed by atoms with van der Waals surface area (Å²) in [6.07, 6.45) is 12.4. The quantitative estimate of drug-likeness (QED) is 0.655. The number of piperidine rings is 1. The third-order valence-electron chi connectivity index (χ3n) is 5.41. The van der Waals surface area contributed by atoms with Gasteiger partial charge in [0.25, 0.3) is 5.91 Å². The Morgan fingerprint density at radius 2 is 2.00 bits per heavy atom. The zero-order chi connectivity index (χ0) is 18.2. The molecule has 8 heteroatoms. The normalized spacial score (nSPS) is 20.5. The van der Waals surface area contributed by atoms with Crippen molar-refractivity contribution < 1.29 is 9.59 Å². The number of aromatic nitrogens is 2. The van der Waals surface area contributed by atoms with Crippen molar-refractivity contribution in [3.8, 4) is 0 Å². The number of hydrogen-bond acceptors (Lipinski definition) is 4. The van der Waals surface area contributed by atoms with Gasteiger partial charge in [-0.25, -0.2) is 0 Å². The third kappa shape index (κ3) is 7.14. The highest BCUT2D eigenvalue weighted by molar-refractivity contribution is 5.93. The van der Waals surface area contributed by atoms with Crippen molar-refractivity contribution >= 4 is 24.2 Å². The van der Waals surface area contributed by atoms with Crippen LogP contribution in [0, 0.1) is 5.92 Å². The Bertz CT molecular complexity index is 595. The molecule has 1 saturated heterocycles. The van der Waals surface area contributed by atoms with Gasteiger partial charge >= 0.3 is 0 Å². The standard InChI is InChI=1S/C19H31N5O2.ClH/c25-18(23-17-6-2-1-3-7-17)14-24-13-16(12-22-24)19(26)21-10-8-15-5-4-9-20-11-15;/h12-13,15,17,20H,1-11,14H2,(H,21,26)(H,23,25);1H. The van der Waals surface area contributed by atoms with Gasteiger partial charge in [-0.1, -0.05) is 19.3 Å². The van der Waals surface area contributed by atoms with Crippen LogP contribution in [0.5, 0.6) is 0 Å². The lowest BCUT2D eigenvalue weighted by atomic mass is 9.95. The van der Waals surface area contributed by atoms with Gasteiger partial charge in [0.2, 0.25) is 5.91 Å². The molecule has 2 fully saturated rings. The van der Waals surface area contributed by atoms with Crippen LogP contribution in [0.2, 0.25) is 0 Å². The smallest absolute Gasteiger partial charge is 0.254 e. The predicted octanol–water partition coefficient (Wildman–Crippen LogP) is 1.87. The molecule has 0 spiro atoms. The van der Waals surface area contributed by atoms with Crippen LogP contribution in [0.1, 0.15) is 61.7 Å². The first-order valence-corrected chi connectivity index (χ1v) is 10.0. The van der Waals surface area contributed by atoms with Crippen molar-refractivity contribution in [2.45, 2.75) is 64.0 Å². The largest absolute Gasteiger partial charge is 0.352 e. The van der Waals surface area contributed by atoms with Gasteiger partial charge < -0.3 is 16.0 Å². The van der Waals surface area contributed by atoms with Gasteiger partial charge in [0.15, 0.2) is 0 Å². The number of rotatable bonds is 7. The van der Waals surface area contributed by atoms with Gasteiger partial charge in [0, 0.05) is 18.8 Å². The van der Waals surface area contributed by atoms with E-state index in [4.69, 9.17) is 0 Å². The number of carbonyl (C=O) groups is 2. The second kappa shape index (κ2) is 11.3. The zero-order valence-corrected chi connectivity index (χ0v) is 16.7. The molecule has 3 rings (SSSR count). The van der Waals surface area contributed by atoms with Crippen LogP contribution in [-0.2, 0) is 11.3 Å². The first-order chi connectivity index (χ1) is 12.7. The van der Waals surface area contributed by atoms with E-state index in [2.05, 4.69) is 21.0 Å². The maximum Gasteiger partial charge on any atom is 0.254 e. The van der Waals surface area contributed by atoms with Crippen molar-refractivity contribution in [1.29, 1.82) is 0 Å². The molecule has 1 aliphatic heterocycles. The monoisotopic (exact) mass is 397 g/mol. The Balaban J connectivity index is 0.00000261. The van der Waals surface area contributed by atoms with Crippen LogP contribution >= 0.6 is 12.4 Å². The van der Waals surface area contributed by atoms with Crippen LogP contribution in [0.4, 0.5) is 0 Å². The van der Waals surface area contributed by atoms with E-state index in [1.54, 1.807) is 6.20 Å². The summed E-state index contributed by atoms with van der Waals surface area (Å²) in [5, 5.41) is 13.6. The van der Waals surface area contributed by atoms with Gasteiger partial charge in [-0.05, 0) is 51.1 Å². The van der Waals surface area contributed by atoms with E-state index in [0.29, 0.717) is 24.1 Å². The molecular weight excluding hydrogens is 366 g/mol. The highest BCUT2D eigenvalue weighted by atomic mass is 35.5. The summed E-state index contributed by atoms with van der Waals surface area (Å²) in [6.45, 7) is 3.00. The Morgan fingerprint density at radius 1 is 1.19 bits per heavy atom. The molecule has 1 unspecified atom stereocenters. The maximum absolute atomic E-state index is 12.2. The van der Waals surface area contributed by atoms with Crippen molar-refractivity contribution in [2.24, 2.45) is 5.92 Å². The first-order valence-electron chi connectivity index (χ1n) is 10.0. The molecule has 2 amide bonds. The summed E-state index contributed by atoms with van der Waals surface area (Å²) < 4.78 is 1.54. The number of carbonyl (C=O) groups excluding carboxylic acids is 2. The van der Waals surface area contributed by atoms with Gasteiger partial charge in [0.1, 0.15) is 6.54 Å². The summed E-state index contributed by atoms with van der Waals surface area (Å²) >= 11 is 0. The summed E-state index contributed by atoms with van der Waals surface area (Å²) in [6, 6.07) is 0.295. The van der Waals surface area contributed by atoms with Gasteiger partial charge in [-0.2, -0.15) is 5.10 Å². The number of nitrogens with zero attached hydrogens (tertiary/aromatic N) is 2. The fourth-order valence-electron chi connectivity index (χ4n) is 3.90. The van der Waals surface area contributed by atoms with Crippen molar-refractivity contribution in [3.05, 3.63) is 18.0 Å². The molecule has 1 atom stereocenters. The SMILES string of the molecule is Cl.O=C(Cn1cc(C(=O)NCCC2CCCNC2)cn1)NC1CCCCC1. The highest BCUT2D eigenvalue weighted by Gasteiger charge is 2.17. The topological polar surface area (TPSA) is 88.1 Å². The average molecular weight is 398 g/mol. The summed E-state index contributed by atoms with van der Waals surface area (Å²) in [7, 11) is 0. The van der Waals surface area contributed by atoms with E-state index in [1.807, 2.05) is 0 Å². The lowest BCUT2D eigenvalue weighted by molar-refractivity contribution is -0.122. The van der Waals surface area contributed by atoms with E-state index in [-0.39, 0.29) is 30.8 Å². The zero-order valence-electron chi connectivity index (χ0n) is 15.9.